The van der Waals surface area contributed by atoms with E-state index in [1.165, 1.54) is 0 Å². The van der Waals surface area contributed by atoms with Crippen molar-refractivity contribution in [2.45, 2.75) is 0 Å². The second-order valence-electron chi connectivity index (χ2n) is 0.600. The van der Waals surface area contributed by atoms with Gasteiger partial charge in [-0.1, -0.05) is 0 Å². The maximum absolute atomic E-state index is 7.33. The Morgan fingerprint density at radius 2 is 0.875 bits per heavy atom. The molecule has 0 saturated carbocycles. The third-order valence-corrected chi connectivity index (χ3v) is 0. The molecule has 0 spiro atoms. The molecule has 0 saturated heterocycles. The van der Waals surface area contributed by atoms with Crippen LogP contribution in [-0.2, 0) is 0 Å². The van der Waals surface area contributed by atoms with Gasteiger partial charge in [0.1, 0.15) is 0 Å². The van der Waals surface area contributed by atoms with Gasteiger partial charge in [-0.15, -0.1) is 0 Å². The minimum atomic E-state index is -4.61. The van der Waals surface area contributed by atoms with Gasteiger partial charge in [-0.2, -0.15) is 13.5 Å². The molecule has 0 aliphatic carbocycles. The molecule has 0 radical (unpaired) electrons. The molecule has 0 heterocycles. The van der Waals surface area contributed by atoms with Crippen LogP contribution in [0.3, 0.4) is 0 Å². The third-order valence-electron chi connectivity index (χ3n) is 0. The normalized spacial score (nSPS) is 7.50. The van der Waals surface area contributed by atoms with Crippen LogP contribution in [0.1, 0.15) is 0 Å². The predicted octanol–water partition coefficient (Wildman–Crippen LogP) is -4.33. The summed E-state index contributed by atoms with van der Waals surface area (Å²) in [5.74, 6) is 0. The molecule has 0 unspecified atom stereocenters. The zero-order valence-corrected chi connectivity index (χ0v) is 4.79. The first-order chi connectivity index (χ1) is 2.00. The van der Waals surface area contributed by atoms with Crippen LogP contribution in [0.15, 0.2) is 0 Å². The Bertz CT molecular complexity index is 31.5. The molecule has 0 fully saturated rings. The van der Waals surface area contributed by atoms with Crippen molar-refractivity contribution in [1.82, 2.24) is 0 Å². The molecule has 0 bridgehead atoms. The Labute approximate surface area is 87.9 Å². The van der Waals surface area contributed by atoms with Crippen molar-refractivity contribution in [2.24, 2.45) is 0 Å². The summed E-state index contributed by atoms with van der Waals surface area (Å²) in [6.45, 7) is 0. The summed E-state index contributed by atoms with van der Waals surface area (Å²) in [7, 11) is -4.61. The maximum atomic E-state index is 7.33. The fourth-order valence-corrected chi connectivity index (χ4v) is 0. The molecule has 0 aliphatic heterocycles. The van der Waals surface area contributed by atoms with E-state index in [1.54, 1.807) is 0 Å². The Hall–Kier alpha value is 1.94. The van der Waals surface area contributed by atoms with Gasteiger partial charge in [-0.05, 0) is 0 Å². The van der Waals surface area contributed by atoms with E-state index >= 15 is 0 Å². The number of hydrogen-bond donors (Lipinski definition) is 4. The van der Waals surface area contributed by atoms with Gasteiger partial charge in [0.2, 0.25) is 0 Å². The summed E-state index contributed by atoms with van der Waals surface area (Å²) in [6.07, 6.45) is 0. The van der Waals surface area contributed by atoms with Crippen LogP contribution < -0.4 is 0 Å². The van der Waals surface area contributed by atoms with Gasteiger partial charge in [0.25, 0.3) is 0 Å². The van der Waals surface area contributed by atoms with Crippen LogP contribution in [0.2, 0.25) is 0 Å². The standard InChI is InChI=1S/Al.Na.H4O4Si.H2S.4H/c;;1-5(2,3)4;;;;;/h;;1-4H;1H2;;;;. The molecule has 0 atom stereocenters. The van der Waals surface area contributed by atoms with E-state index in [0.717, 1.165) is 0 Å². The quantitative estimate of drug-likeness (QED) is 0.287. The van der Waals surface area contributed by atoms with Gasteiger partial charge in [0, 0.05) is 0 Å². The third kappa shape index (κ3) is 102. The van der Waals surface area contributed by atoms with E-state index in [2.05, 4.69) is 0 Å². The molecule has 8 heteroatoms. The van der Waals surface area contributed by atoms with Crippen LogP contribution >= 0.6 is 13.5 Å². The van der Waals surface area contributed by atoms with E-state index in [9.17, 15) is 0 Å². The minimum absolute atomic E-state index is 0. The molecule has 4 N–H and O–H groups in total. The topological polar surface area (TPSA) is 80.9 Å². The van der Waals surface area contributed by atoms with Gasteiger partial charge in [-0.3, -0.25) is 0 Å². The monoisotopic (exact) mass is 184 g/mol. The summed E-state index contributed by atoms with van der Waals surface area (Å²) >= 11 is 0. The summed E-state index contributed by atoms with van der Waals surface area (Å²) in [5, 5.41) is 0. The first kappa shape index (κ1) is 22.5. The van der Waals surface area contributed by atoms with Gasteiger partial charge >= 0.3 is 38.6 Å². The van der Waals surface area contributed by atoms with Gasteiger partial charge in [-0.25, -0.2) is 0 Å². The second kappa shape index (κ2) is 8.94. The van der Waals surface area contributed by atoms with E-state index in [1.807, 2.05) is 0 Å². The zero-order chi connectivity index (χ0) is 4.50. The van der Waals surface area contributed by atoms with Crippen LogP contribution in [0, 0.1) is 0 Å². The molecule has 48 valence electrons. The molecular formula is H10AlNaO4SSi. The molecule has 0 aromatic carbocycles. The van der Waals surface area contributed by atoms with Crippen LogP contribution in [0.4, 0.5) is 0 Å². The first-order valence-electron chi connectivity index (χ1n) is 0.894. The number of rotatable bonds is 0. The fraction of sp³-hybridized carbons (Fsp3) is 0. The average Bonchev–Trinajstić information content (AvgIpc) is 0.722. The van der Waals surface area contributed by atoms with E-state index in [0.29, 0.717) is 0 Å². The van der Waals surface area contributed by atoms with Crippen molar-refractivity contribution in [1.29, 1.82) is 0 Å². The van der Waals surface area contributed by atoms with Crippen molar-refractivity contribution >= 4 is 69.5 Å². The average molecular weight is 184 g/mol. The molecule has 8 heavy (non-hydrogen) atoms. The Balaban J connectivity index is -0.0000000267. The summed E-state index contributed by atoms with van der Waals surface area (Å²) in [4.78, 5) is 29.3. The molecule has 0 amide bonds. The summed E-state index contributed by atoms with van der Waals surface area (Å²) in [6, 6.07) is 0. The molecule has 0 aromatic rings. The van der Waals surface area contributed by atoms with Crippen LogP contribution in [-0.4, -0.2) is 75.1 Å². The SMILES string of the molecule is O[Si](O)(O)O.S.[AlH3].[NaH]. The Kier molecular flexibility index (Phi) is 25.2. The Morgan fingerprint density at radius 1 is 0.875 bits per heavy atom. The molecular weight excluding hydrogens is 174 g/mol. The molecule has 0 rings (SSSR count). The molecule has 0 aliphatic rings. The van der Waals surface area contributed by atoms with E-state index in [4.69, 9.17) is 19.2 Å². The van der Waals surface area contributed by atoms with Gasteiger partial charge in [0.15, 0.2) is 17.4 Å². The van der Waals surface area contributed by atoms with Crippen LogP contribution in [0.25, 0.3) is 0 Å². The van der Waals surface area contributed by atoms with Crippen LogP contribution in [0.5, 0.6) is 0 Å². The fourth-order valence-electron chi connectivity index (χ4n) is 0. The summed E-state index contributed by atoms with van der Waals surface area (Å²) < 4.78 is 0. The Morgan fingerprint density at radius 3 is 0.875 bits per heavy atom. The molecule has 4 nitrogen and oxygen atoms in total. The van der Waals surface area contributed by atoms with Crippen molar-refractivity contribution < 1.29 is 19.2 Å². The first-order valence-corrected chi connectivity index (χ1v) is 2.68. The second-order valence-corrected chi connectivity index (χ2v) is 1.80. The predicted molar refractivity (Wildman–Crippen MR) is 42.1 cm³/mol. The number of hydrogen-bond acceptors (Lipinski definition) is 4. The van der Waals surface area contributed by atoms with E-state index < -0.39 is 9.05 Å². The van der Waals surface area contributed by atoms with Gasteiger partial charge in [0.05, 0.1) is 0 Å². The summed E-state index contributed by atoms with van der Waals surface area (Å²) in [5.41, 5.74) is 0. The van der Waals surface area contributed by atoms with Gasteiger partial charge < -0.3 is 19.2 Å². The van der Waals surface area contributed by atoms with Crippen molar-refractivity contribution in [3.05, 3.63) is 0 Å². The van der Waals surface area contributed by atoms with Crippen molar-refractivity contribution in [3.8, 4) is 0 Å². The zero-order valence-electron chi connectivity index (χ0n) is 2.79. The van der Waals surface area contributed by atoms with Crippen molar-refractivity contribution in [3.63, 3.8) is 0 Å². The van der Waals surface area contributed by atoms with Crippen molar-refractivity contribution in [2.75, 3.05) is 0 Å². The molecule has 0 aromatic heterocycles. The van der Waals surface area contributed by atoms with E-state index in [-0.39, 0.29) is 60.4 Å².